The van der Waals surface area contributed by atoms with E-state index >= 15 is 0 Å². The summed E-state index contributed by atoms with van der Waals surface area (Å²) < 4.78 is 4.61. The van der Waals surface area contributed by atoms with E-state index in [0.717, 1.165) is 38.5 Å². The third-order valence-electron chi connectivity index (χ3n) is 4.34. The largest absolute Gasteiger partial charge is 0.469 e. The summed E-state index contributed by atoms with van der Waals surface area (Å²) in [5.74, 6) is 0.815. The molecule has 0 spiro atoms. The van der Waals surface area contributed by atoms with Gasteiger partial charge in [0.05, 0.1) is 7.11 Å². The molecule has 3 nitrogen and oxygen atoms in total. The van der Waals surface area contributed by atoms with Gasteiger partial charge in [-0.2, -0.15) is 0 Å². The van der Waals surface area contributed by atoms with Crippen LogP contribution in [0.15, 0.2) is 0 Å². The average Bonchev–Trinajstić information content (AvgIpc) is 2.86. The van der Waals surface area contributed by atoms with Crippen LogP contribution in [0.5, 0.6) is 0 Å². The van der Waals surface area contributed by atoms with Crippen molar-refractivity contribution in [2.45, 2.75) is 83.5 Å². The smallest absolute Gasteiger partial charge is 0.305 e. The average molecular weight is 282 g/mol. The Morgan fingerprint density at radius 2 is 1.65 bits per heavy atom. The Kier molecular flexibility index (Phi) is 9.35. The molecule has 20 heavy (non-hydrogen) atoms. The SMILES string of the molecule is COC(=O)CCCCCCCCCCC1CCCC1=O. The monoisotopic (exact) mass is 282 g/mol. The van der Waals surface area contributed by atoms with Crippen LogP contribution < -0.4 is 0 Å². The lowest BCUT2D eigenvalue weighted by molar-refractivity contribution is -0.140. The molecular formula is C17H30O3. The van der Waals surface area contributed by atoms with Gasteiger partial charge in [-0.3, -0.25) is 9.59 Å². The molecule has 3 heteroatoms. The zero-order chi connectivity index (χ0) is 14.6. The molecule has 0 aromatic heterocycles. The van der Waals surface area contributed by atoms with E-state index in [1.165, 1.54) is 45.6 Å². The van der Waals surface area contributed by atoms with E-state index in [2.05, 4.69) is 4.74 Å². The molecule has 1 fully saturated rings. The van der Waals surface area contributed by atoms with Crippen LogP contribution in [0.3, 0.4) is 0 Å². The van der Waals surface area contributed by atoms with Gasteiger partial charge in [0.1, 0.15) is 5.78 Å². The van der Waals surface area contributed by atoms with Crippen molar-refractivity contribution in [2.24, 2.45) is 5.92 Å². The van der Waals surface area contributed by atoms with Crippen LogP contribution in [0, 0.1) is 5.92 Å². The number of esters is 1. The number of carbonyl (C=O) groups is 2. The van der Waals surface area contributed by atoms with Crippen LogP contribution in [-0.4, -0.2) is 18.9 Å². The van der Waals surface area contributed by atoms with Gasteiger partial charge in [-0.25, -0.2) is 0 Å². The molecule has 0 saturated heterocycles. The molecule has 1 rings (SSSR count). The minimum atomic E-state index is -0.0912. The topological polar surface area (TPSA) is 43.4 Å². The van der Waals surface area contributed by atoms with E-state index in [4.69, 9.17) is 0 Å². The molecule has 1 unspecified atom stereocenters. The highest BCUT2D eigenvalue weighted by molar-refractivity contribution is 5.82. The molecule has 0 bridgehead atoms. The highest BCUT2D eigenvalue weighted by atomic mass is 16.5. The summed E-state index contributed by atoms with van der Waals surface area (Å²) in [6, 6.07) is 0. The molecular weight excluding hydrogens is 252 g/mol. The Bertz CT molecular complexity index is 286. The summed E-state index contributed by atoms with van der Waals surface area (Å²) in [4.78, 5) is 22.4. The molecule has 0 aliphatic heterocycles. The lowest BCUT2D eigenvalue weighted by Crippen LogP contribution is -2.05. The number of unbranched alkanes of at least 4 members (excludes halogenated alkanes) is 7. The van der Waals surface area contributed by atoms with Crippen molar-refractivity contribution in [3.63, 3.8) is 0 Å². The predicted octanol–water partition coefficient (Wildman–Crippen LogP) is 4.43. The number of methoxy groups -OCH3 is 1. The fourth-order valence-electron chi connectivity index (χ4n) is 3.02. The van der Waals surface area contributed by atoms with Crippen molar-refractivity contribution in [2.75, 3.05) is 7.11 Å². The van der Waals surface area contributed by atoms with Gasteiger partial charge in [0, 0.05) is 18.8 Å². The lowest BCUT2D eigenvalue weighted by atomic mass is 9.98. The van der Waals surface area contributed by atoms with Crippen LogP contribution in [0.25, 0.3) is 0 Å². The molecule has 0 amide bonds. The van der Waals surface area contributed by atoms with E-state index in [1.807, 2.05) is 0 Å². The van der Waals surface area contributed by atoms with E-state index in [1.54, 1.807) is 0 Å². The second-order valence-corrected chi connectivity index (χ2v) is 6.00. The van der Waals surface area contributed by atoms with Crippen molar-refractivity contribution < 1.29 is 14.3 Å². The van der Waals surface area contributed by atoms with Crippen LogP contribution in [0.2, 0.25) is 0 Å². The zero-order valence-electron chi connectivity index (χ0n) is 13.0. The maximum atomic E-state index is 11.5. The van der Waals surface area contributed by atoms with Gasteiger partial charge >= 0.3 is 5.97 Å². The third kappa shape index (κ3) is 7.66. The number of hydrogen-bond acceptors (Lipinski definition) is 3. The zero-order valence-corrected chi connectivity index (χ0v) is 13.0. The van der Waals surface area contributed by atoms with Gasteiger partial charge in [-0.15, -0.1) is 0 Å². The van der Waals surface area contributed by atoms with E-state index < -0.39 is 0 Å². The number of hydrogen-bond donors (Lipinski definition) is 0. The van der Waals surface area contributed by atoms with Crippen molar-refractivity contribution >= 4 is 11.8 Å². The first-order valence-corrected chi connectivity index (χ1v) is 8.33. The Labute approximate surface area is 123 Å². The Morgan fingerprint density at radius 3 is 2.20 bits per heavy atom. The van der Waals surface area contributed by atoms with Crippen molar-refractivity contribution in [1.29, 1.82) is 0 Å². The Balaban J connectivity index is 1.78. The summed E-state index contributed by atoms with van der Waals surface area (Å²) in [6.45, 7) is 0. The third-order valence-corrected chi connectivity index (χ3v) is 4.34. The number of ketones is 1. The van der Waals surface area contributed by atoms with Crippen molar-refractivity contribution in [3.8, 4) is 0 Å². The second kappa shape index (κ2) is 10.9. The van der Waals surface area contributed by atoms with E-state index in [0.29, 0.717) is 18.1 Å². The number of Topliss-reactive ketones (excluding diaryl/α,β-unsaturated/α-hetero) is 1. The van der Waals surface area contributed by atoms with Gasteiger partial charge in [0.15, 0.2) is 0 Å². The van der Waals surface area contributed by atoms with Gasteiger partial charge in [-0.05, 0) is 25.7 Å². The van der Waals surface area contributed by atoms with Gasteiger partial charge in [-0.1, -0.05) is 44.9 Å². The fraction of sp³-hybridized carbons (Fsp3) is 0.882. The van der Waals surface area contributed by atoms with Crippen molar-refractivity contribution in [3.05, 3.63) is 0 Å². The second-order valence-electron chi connectivity index (χ2n) is 6.00. The predicted molar refractivity (Wildman–Crippen MR) is 80.5 cm³/mol. The number of rotatable bonds is 11. The van der Waals surface area contributed by atoms with Gasteiger partial charge in [0.25, 0.3) is 0 Å². The van der Waals surface area contributed by atoms with Gasteiger partial charge in [0.2, 0.25) is 0 Å². The standard InChI is InChI=1S/C17H30O3/c1-20-17(19)14-9-7-5-3-2-4-6-8-11-15-12-10-13-16(15)18/h15H,2-14H2,1H3. The number of carbonyl (C=O) groups excluding carboxylic acids is 2. The lowest BCUT2D eigenvalue weighted by Gasteiger charge is -2.07. The molecule has 0 radical (unpaired) electrons. The first-order valence-electron chi connectivity index (χ1n) is 8.33. The summed E-state index contributed by atoms with van der Waals surface area (Å²) >= 11 is 0. The van der Waals surface area contributed by atoms with Crippen LogP contribution in [0.1, 0.15) is 83.5 Å². The van der Waals surface area contributed by atoms with Crippen LogP contribution >= 0.6 is 0 Å². The summed E-state index contributed by atoms with van der Waals surface area (Å²) in [5, 5.41) is 0. The Morgan fingerprint density at radius 1 is 1.05 bits per heavy atom. The van der Waals surface area contributed by atoms with E-state index in [9.17, 15) is 9.59 Å². The highest BCUT2D eigenvalue weighted by Gasteiger charge is 2.23. The summed E-state index contributed by atoms with van der Waals surface area (Å²) in [7, 11) is 1.45. The number of ether oxygens (including phenoxy) is 1. The first-order chi connectivity index (χ1) is 9.74. The minimum Gasteiger partial charge on any atom is -0.469 e. The molecule has 0 aromatic rings. The molecule has 0 N–H and O–H groups in total. The molecule has 116 valence electrons. The molecule has 0 aromatic carbocycles. The van der Waals surface area contributed by atoms with Crippen molar-refractivity contribution in [1.82, 2.24) is 0 Å². The maximum absolute atomic E-state index is 11.5. The molecule has 1 aliphatic carbocycles. The van der Waals surface area contributed by atoms with Crippen LogP contribution in [0.4, 0.5) is 0 Å². The molecule has 0 heterocycles. The normalized spacial score (nSPS) is 18.4. The first kappa shape index (κ1) is 17.2. The maximum Gasteiger partial charge on any atom is 0.305 e. The molecule has 1 saturated carbocycles. The molecule has 1 atom stereocenters. The molecule has 1 aliphatic rings. The summed E-state index contributed by atoms with van der Waals surface area (Å²) in [6.07, 6.45) is 14.4. The van der Waals surface area contributed by atoms with Gasteiger partial charge < -0.3 is 4.74 Å². The quantitative estimate of drug-likeness (QED) is 0.416. The fourth-order valence-corrected chi connectivity index (χ4v) is 3.02. The highest BCUT2D eigenvalue weighted by Crippen LogP contribution is 2.26. The Hall–Kier alpha value is -0.860. The minimum absolute atomic E-state index is 0.0912. The van der Waals surface area contributed by atoms with E-state index in [-0.39, 0.29) is 5.97 Å². The summed E-state index contributed by atoms with van der Waals surface area (Å²) in [5.41, 5.74) is 0. The van der Waals surface area contributed by atoms with Crippen LogP contribution in [-0.2, 0) is 14.3 Å².